The van der Waals surface area contributed by atoms with Gasteiger partial charge in [0.25, 0.3) is 5.56 Å². The lowest BCUT2D eigenvalue weighted by atomic mass is 9.86. The molecule has 1 atom stereocenters. The van der Waals surface area contributed by atoms with E-state index >= 15 is 0 Å². The molecule has 0 amide bonds. The van der Waals surface area contributed by atoms with Crippen LogP contribution in [0.3, 0.4) is 0 Å². The first-order chi connectivity index (χ1) is 15.5. The van der Waals surface area contributed by atoms with Gasteiger partial charge < -0.3 is 29.0 Å². The van der Waals surface area contributed by atoms with Crippen molar-refractivity contribution in [3.8, 4) is 22.9 Å². The van der Waals surface area contributed by atoms with E-state index in [0.29, 0.717) is 41.6 Å². The zero-order valence-corrected chi connectivity index (χ0v) is 17.4. The standard InChI is InChI=1S/C23H20N2O7/c1-2-23(29)15-6-17-20-12(8-25(17)21(27)14(15)10-32-22(23)28)13(9-26)11-5-18-19(7-16(11)24-20)31-4-3-30-18/h5-7,26,29H,2-4,8-10H2,1H3/p+1. The highest BCUT2D eigenvalue weighted by atomic mass is 16.6. The second-order valence-electron chi connectivity index (χ2n) is 8.21. The molecule has 3 aromatic rings. The zero-order valence-electron chi connectivity index (χ0n) is 17.4. The van der Waals surface area contributed by atoms with Gasteiger partial charge in [0.15, 0.2) is 23.7 Å². The molecule has 0 aliphatic carbocycles. The number of benzene rings is 1. The molecule has 0 radical (unpaired) electrons. The number of fused-ring (bicyclic) bond motifs is 6. The normalized spacial score (nSPS) is 20.5. The monoisotopic (exact) mass is 437 g/mol. The van der Waals surface area contributed by atoms with Gasteiger partial charge >= 0.3 is 5.97 Å². The predicted molar refractivity (Wildman–Crippen MR) is 113 cm³/mol. The molecule has 164 valence electrons. The number of cyclic esters (lactones) is 1. The molecule has 1 aromatic carbocycles. The SMILES string of the molecule is CCC1(O)C(=O)OCc2c1cc1n(c2=O)Cc2c-1nc1cc3c(cc1c2C[OH2+])OCCO3. The fourth-order valence-corrected chi connectivity index (χ4v) is 4.90. The van der Waals surface area contributed by atoms with Crippen LogP contribution in [0.5, 0.6) is 11.5 Å². The van der Waals surface area contributed by atoms with E-state index in [4.69, 9.17) is 24.3 Å². The van der Waals surface area contributed by atoms with E-state index in [1.54, 1.807) is 23.6 Å². The van der Waals surface area contributed by atoms with E-state index in [9.17, 15) is 14.7 Å². The van der Waals surface area contributed by atoms with Crippen molar-refractivity contribution in [1.82, 2.24) is 9.55 Å². The second-order valence-corrected chi connectivity index (χ2v) is 8.21. The number of carbonyl (C=O) groups is 1. The van der Waals surface area contributed by atoms with E-state index in [2.05, 4.69) is 0 Å². The average molecular weight is 437 g/mol. The van der Waals surface area contributed by atoms with Gasteiger partial charge in [0.05, 0.1) is 29.0 Å². The van der Waals surface area contributed by atoms with Crippen LogP contribution in [0.2, 0.25) is 0 Å². The van der Waals surface area contributed by atoms with Gasteiger partial charge in [0.1, 0.15) is 19.8 Å². The van der Waals surface area contributed by atoms with Crippen LogP contribution >= 0.6 is 0 Å². The van der Waals surface area contributed by atoms with Crippen molar-refractivity contribution in [1.29, 1.82) is 0 Å². The summed E-state index contributed by atoms with van der Waals surface area (Å²) in [6.07, 6.45) is 0.0845. The molecule has 0 bridgehead atoms. The van der Waals surface area contributed by atoms with Crippen LogP contribution in [0.1, 0.15) is 35.6 Å². The third-order valence-electron chi connectivity index (χ3n) is 6.65. The number of hydrogen-bond acceptors (Lipinski definition) is 7. The number of hydrogen-bond donors (Lipinski definition) is 1. The van der Waals surface area contributed by atoms with Crippen molar-refractivity contribution in [3.63, 3.8) is 0 Å². The summed E-state index contributed by atoms with van der Waals surface area (Å²) in [4.78, 5) is 30.5. The maximum absolute atomic E-state index is 13.3. The van der Waals surface area contributed by atoms with Gasteiger partial charge in [-0.25, -0.2) is 9.78 Å². The van der Waals surface area contributed by atoms with E-state index in [-0.39, 0.29) is 42.9 Å². The lowest BCUT2D eigenvalue weighted by Gasteiger charge is -2.31. The Labute approximate surface area is 181 Å². The number of esters is 1. The smallest absolute Gasteiger partial charge is 0.343 e. The van der Waals surface area contributed by atoms with Gasteiger partial charge in [-0.05, 0) is 18.6 Å². The highest BCUT2D eigenvalue weighted by Gasteiger charge is 2.45. The number of aliphatic hydroxyl groups is 1. The summed E-state index contributed by atoms with van der Waals surface area (Å²) in [5.41, 5.74) is 1.66. The average Bonchev–Trinajstić information content (AvgIpc) is 3.17. The van der Waals surface area contributed by atoms with Crippen LogP contribution in [-0.2, 0) is 34.9 Å². The largest absolute Gasteiger partial charge is 0.486 e. The van der Waals surface area contributed by atoms with E-state index < -0.39 is 11.6 Å². The Kier molecular flexibility index (Phi) is 3.94. The molecule has 0 spiro atoms. The molecular weight excluding hydrogens is 416 g/mol. The Morgan fingerprint density at radius 2 is 1.88 bits per heavy atom. The van der Waals surface area contributed by atoms with Crippen molar-refractivity contribution in [2.75, 3.05) is 13.2 Å². The maximum atomic E-state index is 13.3. The summed E-state index contributed by atoms with van der Waals surface area (Å²) >= 11 is 0. The molecule has 3 aliphatic rings. The highest BCUT2D eigenvalue weighted by Crippen LogP contribution is 2.42. The van der Waals surface area contributed by atoms with E-state index in [1.165, 1.54) is 0 Å². The Balaban J connectivity index is 1.64. The van der Waals surface area contributed by atoms with Gasteiger partial charge in [0.2, 0.25) is 0 Å². The Morgan fingerprint density at radius 1 is 1.12 bits per heavy atom. The fraction of sp³-hybridized carbons (Fsp3) is 0.348. The van der Waals surface area contributed by atoms with Gasteiger partial charge in [-0.2, -0.15) is 0 Å². The molecule has 6 rings (SSSR count). The summed E-state index contributed by atoms with van der Waals surface area (Å²) in [5.74, 6) is 0.459. The summed E-state index contributed by atoms with van der Waals surface area (Å²) in [6, 6.07) is 5.32. The minimum Gasteiger partial charge on any atom is -0.486 e. The van der Waals surface area contributed by atoms with Gasteiger partial charge in [-0.1, -0.05) is 6.92 Å². The zero-order chi connectivity index (χ0) is 22.2. The lowest BCUT2D eigenvalue weighted by molar-refractivity contribution is -0.172. The van der Waals surface area contributed by atoms with Crippen molar-refractivity contribution >= 4 is 16.9 Å². The Hall–Kier alpha value is -3.43. The van der Waals surface area contributed by atoms with Gasteiger partial charge in [0, 0.05) is 28.1 Å². The third-order valence-corrected chi connectivity index (χ3v) is 6.65. The number of nitrogens with zero attached hydrogens (tertiary/aromatic N) is 2. The number of rotatable bonds is 2. The summed E-state index contributed by atoms with van der Waals surface area (Å²) < 4.78 is 18.1. The molecule has 0 saturated carbocycles. The van der Waals surface area contributed by atoms with Gasteiger partial charge in [-0.15, -0.1) is 0 Å². The van der Waals surface area contributed by atoms with Crippen molar-refractivity contribution in [2.45, 2.75) is 38.7 Å². The molecule has 0 fully saturated rings. The lowest BCUT2D eigenvalue weighted by Crippen LogP contribution is -2.44. The van der Waals surface area contributed by atoms with Crippen molar-refractivity contribution in [2.24, 2.45) is 0 Å². The highest BCUT2D eigenvalue weighted by molar-refractivity contribution is 5.91. The second kappa shape index (κ2) is 6.54. The maximum Gasteiger partial charge on any atom is 0.343 e. The predicted octanol–water partition coefficient (Wildman–Crippen LogP) is 1.08. The van der Waals surface area contributed by atoms with Crippen LogP contribution in [0.25, 0.3) is 22.3 Å². The van der Waals surface area contributed by atoms with E-state index in [0.717, 1.165) is 16.5 Å². The van der Waals surface area contributed by atoms with Crippen LogP contribution < -0.4 is 15.0 Å². The number of carbonyl (C=O) groups excluding carboxylic acids is 1. The number of aromatic nitrogens is 2. The first kappa shape index (κ1) is 19.3. The minimum atomic E-state index is -1.87. The van der Waals surface area contributed by atoms with Crippen LogP contribution in [0.15, 0.2) is 23.0 Å². The number of ether oxygens (including phenoxy) is 3. The molecule has 2 aromatic heterocycles. The quantitative estimate of drug-likeness (QED) is 0.368. The van der Waals surface area contributed by atoms with Crippen LogP contribution in [0, 0.1) is 0 Å². The fourth-order valence-electron chi connectivity index (χ4n) is 4.90. The molecule has 9 nitrogen and oxygen atoms in total. The first-order valence-corrected chi connectivity index (χ1v) is 10.5. The number of pyridine rings is 2. The summed E-state index contributed by atoms with van der Waals surface area (Å²) in [6.45, 7) is 2.68. The minimum absolute atomic E-state index is 0.00391. The molecule has 32 heavy (non-hydrogen) atoms. The van der Waals surface area contributed by atoms with Crippen molar-refractivity contribution in [3.05, 3.63) is 50.8 Å². The Bertz CT molecular complexity index is 1390. The van der Waals surface area contributed by atoms with Crippen LogP contribution in [-0.4, -0.2) is 38.9 Å². The van der Waals surface area contributed by atoms with Gasteiger partial charge in [-0.3, -0.25) is 4.79 Å². The Morgan fingerprint density at radius 3 is 2.59 bits per heavy atom. The molecule has 3 N–H and O–H groups in total. The van der Waals surface area contributed by atoms with Crippen LogP contribution in [0.4, 0.5) is 0 Å². The first-order valence-electron chi connectivity index (χ1n) is 10.5. The topological polar surface area (TPSA) is 123 Å². The molecule has 3 aliphatic heterocycles. The van der Waals surface area contributed by atoms with Crippen molar-refractivity contribution < 1.29 is 29.2 Å². The summed E-state index contributed by atoms with van der Waals surface area (Å²) in [5, 5.41) is 20.0. The molecule has 1 unspecified atom stereocenters. The molecule has 9 heteroatoms. The molecule has 5 heterocycles. The van der Waals surface area contributed by atoms with E-state index in [1.807, 2.05) is 6.07 Å². The summed E-state index contributed by atoms with van der Waals surface area (Å²) in [7, 11) is 0. The third kappa shape index (κ3) is 2.37. The molecular formula is C23H21N2O7+. The molecule has 0 saturated heterocycles.